The van der Waals surface area contributed by atoms with Crippen molar-refractivity contribution < 1.29 is 5.11 Å². The Kier molecular flexibility index (Phi) is 4.85. The summed E-state index contributed by atoms with van der Waals surface area (Å²) in [6, 6.07) is 0. The molecule has 0 saturated carbocycles. The lowest BCUT2D eigenvalue weighted by Crippen LogP contribution is -2.50. The van der Waals surface area contributed by atoms with E-state index in [9.17, 15) is 0 Å². The van der Waals surface area contributed by atoms with Gasteiger partial charge in [-0.2, -0.15) is 0 Å². The molecule has 3 nitrogen and oxygen atoms in total. The Labute approximate surface area is 87.5 Å². The number of piperidine rings is 1. The summed E-state index contributed by atoms with van der Waals surface area (Å²) in [6.45, 7) is 6.19. The Morgan fingerprint density at radius 2 is 1.93 bits per heavy atom. The van der Waals surface area contributed by atoms with Crippen molar-refractivity contribution in [2.75, 3.05) is 33.3 Å². The van der Waals surface area contributed by atoms with Crippen molar-refractivity contribution >= 4 is 0 Å². The van der Waals surface area contributed by atoms with Gasteiger partial charge < -0.3 is 15.3 Å². The summed E-state index contributed by atoms with van der Waals surface area (Å²) >= 11 is 0. The maximum absolute atomic E-state index is 8.69. The molecule has 0 aromatic heterocycles. The smallest absolute Gasteiger partial charge is 0.0431 e. The average molecular weight is 200 g/mol. The van der Waals surface area contributed by atoms with Gasteiger partial charge in [-0.3, -0.25) is 0 Å². The molecule has 0 radical (unpaired) electrons. The third kappa shape index (κ3) is 3.56. The highest BCUT2D eigenvalue weighted by Gasteiger charge is 2.27. The molecule has 1 heterocycles. The summed E-state index contributed by atoms with van der Waals surface area (Å²) in [5, 5.41) is 12.1. The van der Waals surface area contributed by atoms with Gasteiger partial charge in [0.2, 0.25) is 0 Å². The molecule has 2 N–H and O–H groups in total. The molecule has 3 heteroatoms. The van der Waals surface area contributed by atoms with Crippen LogP contribution in [0.2, 0.25) is 0 Å². The van der Waals surface area contributed by atoms with Crippen molar-refractivity contribution in [1.29, 1.82) is 0 Å². The van der Waals surface area contributed by atoms with E-state index >= 15 is 0 Å². The van der Waals surface area contributed by atoms with Crippen LogP contribution < -0.4 is 5.32 Å². The van der Waals surface area contributed by atoms with Crippen LogP contribution in [-0.4, -0.2) is 48.8 Å². The molecule has 0 aromatic rings. The van der Waals surface area contributed by atoms with Crippen LogP contribution >= 0.6 is 0 Å². The molecule has 1 saturated heterocycles. The van der Waals surface area contributed by atoms with Crippen LogP contribution in [0.1, 0.15) is 32.6 Å². The molecule has 1 aliphatic rings. The number of nitrogens with zero attached hydrogens (tertiary/aromatic N) is 1. The maximum atomic E-state index is 8.69. The predicted octanol–water partition coefficient (Wildman–Crippen LogP) is 0.833. The standard InChI is InChI=1S/C11H24N2O/c1-11(12-2)5-8-13(9-6-11)7-3-4-10-14/h12,14H,3-10H2,1-2H3. The van der Waals surface area contributed by atoms with E-state index in [1.54, 1.807) is 0 Å². The number of rotatable bonds is 5. The summed E-state index contributed by atoms with van der Waals surface area (Å²) in [5.41, 5.74) is 0.355. The lowest BCUT2D eigenvalue weighted by molar-refractivity contribution is 0.147. The van der Waals surface area contributed by atoms with Crippen LogP contribution in [0.3, 0.4) is 0 Å². The number of aliphatic hydroxyl groups excluding tert-OH is 1. The number of hydrogen-bond donors (Lipinski definition) is 2. The summed E-state index contributed by atoms with van der Waals surface area (Å²) < 4.78 is 0. The highest BCUT2D eigenvalue weighted by molar-refractivity contribution is 4.87. The molecule has 1 rings (SSSR count). The third-order valence-corrected chi connectivity index (χ3v) is 3.45. The molecule has 0 atom stereocenters. The molecule has 14 heavy (non-hydrogen) atoms. The highest BCUT2D eigenvalue weighted by Crippen LogP contribution is 2.20. The normalized spacial score (nSPS) is 22.5. The minimum Gasteiger partial charge on any atom is -0.396 e. The molecule has 0 amide bonds. The van der Waals surface area contributed by atoms with Gasteiger partial charge in [0, 0.05) is 12.1 Å². The molecule has 84 valence electrons. The number of unbranched alkanes of at least 4 members (excludes halogenated alkanes) is 1. The minimum absolute atomic E-state index is 0.335. The van der Waals surface area contributed by atoms with Gasteiger partial charge in [0.1, 0.15) is 0 Å². The summed E-state index contributed by atoms with van der Waals surface area (Å²) in [4.78, 5) is 2.51. The summed E-state index contributed by atoms with van der Waals surface area (Å²) in [5.74, 6) is 0. The molecular formula is C11H24N2O. The molecule has 0 bridgehead atoms. The van der Waals surface area contributed by atoms with Gasteiger partial charge in [-0.15, -0.1) is 0 Å². The largest absolute Gasteiger partial charge is 0.396 e. The van der Waals surface area contributed by atoms with Crippen LogP contribution in [0.25, 0.3) is 0 Å². The molecule has 0 aliphatic carbocycles. The molecular weight excluding hydrogens is 176 g/mol. The second-order valence-corrected chi connectivity index (χ2v) is 4.58. The van der Waals surface area contributed by atoms with E-state index in [1.807, 2.05) is 0 Å². The Bertz CT molecular complexity index is 153. The van der Waals surface area contributed by atoms with Crippen molar-refractivity contribution in [2.24, 2.45) is 0 Å². The molecule has 1 fully saturated rings. The van der Waals surface area contributed by atoms with E-state index < -0.39 is 0 Å². The number of nitrogens with one attached hydrogen (secondary N) is 1. The van der Waals surface area contributed by atoms with Crippen molar-refractivity contribution in [2.45, 2.75) is 38.1 Å². The van der Waals surface area contributed by atoms with Crippen LogP contribution in [0, 0.1) is 0 Å². The van der Waals surface area contributed by atoms with Gasteiger partial charge in [-0.1, -0.05) is 0 Å². The van der Waals surface area contributed by atoms with Crippen molar-refractivity contribution in [1.82, 2.24) is 10.2 Å². The van der Waals surface area contributed by atoms with Gasteiger partial charge >= 0.3 is 0 Å². The van der Waals surface area contributed by atoms with Gasteiger partial charge in [0.15, 0.2) is 0 Å². The van der Waals surface area contributed by atoms with E-state index in [1.165, 1.54) is 25.9 Å². The number of likely N-dealkylation sites (tertiary alicyclic amines) is 1. The molecule has 0 spiro atoms. The first-order chi connectivity index (χ1) is 6.70. The highest BCUT2D eigenvalue weighted by atomic mass is 16.2. The first-order valence-electron chi connectivity index (χ1n) is 5.72. The van der Waals surface area contributed by atoms with Crippen LogP contribution in [0.4, 0.5) is 0 Å². The zero-order chi connectivity index (χ0) is 10.4. The quantitative estimate of drug-likeness (QED) is 0.645. The van der Waals surface area contributed by atoms with E-state index in [4.69, 9.17) is 5.11 Å². The first-order valence-corrected chi connectivity index (χ1v) is 5.72. The zero-order valence-electron chi connectivity index (χ0n) is 9.55. The SMILES string of the molecule is CNC1(C)CCN(CCCCO)CC1. The lowest BCUT2D eigenvalue weighted by atomic mass is 9.90. The number of aliphatic hydroxyl groups is 1. The van der Waals surface area contributed by atoms with E-state index in [2.05, 4.69) is 24.2 Å². The third-order valence-electron chi connectivity index (χ3n) is 3.45. The number of hydrogen-bond acceptors (Lipinski definition) is 3. The van der Waals surface area contributed by atoms with Gasteiger partial charge in [0.25, 0.3) is 0 Å². The van der Waals surface area contributed by atoms with Crippen molar-refractivity contribution in [3.63, 3.8) is 0 Å². The van der Waals surface area contributed by atoms with Gasteiger partial charge in [0.05, 0.1) is 0 Å². The Morgan fingerprint density at radius 3 is 2.43 bits per heavy atom. The van der Waals surface area contributed by atoms with E-state index in [0.29, 0.717) is 12.1 Å². The molecule has 0 unspecified atom stereocenters. The Morgan fingerprint density at radius 1 is 1.29 bits per heavy atom. The minimum atomic E-state index is 0.335. The average Bonchev–Trinajstić information content (AvgIpc) is 2.22. The molecule has 1 aliphatic heterocycles. The maximum Gasteiger partial charge on any atom is 0.0431 e. The van der Waals surface area contributed by atoms with Crippen molar-refractivity contribution in [3.8, 4) is 0 Å². The second-order valence-electron chi connectivity index (χ2n) is 4.58. The van der Waals surface area contributed by atoms with Gasteiger partial charge in [-0.05, 0) is 59.3 Å². The fraction of sp³-hybridized carbons (Fsp3) is 1.00. The van der Waals surface area contributed by atoms with Crippen LogP contribution in [0.5, 0.6) is 0 Å². The monoisotopic (exact) mass is 200 g/mol. The predicted molar refractivity (Wildman–Crippen MR) is 59.5 cm³/mol. The second kappa shape index (κ2) is 5.69. The van der Waals surface area contributed by atoms with Crippen LogP contribution in [0.15, 0.2) is 0 Å². The van der Waals surface area contributed by atoms with E-state index in [-0.39, 0.29) is 0 Å². The summed E-state index contributed by atoms with van der Waals surface area (Å²) in [6.07, 6.45) is 4.55. The van der Waals surface area contributed by atoms with E-state index in [0.717, 1.165) is 19.4 Å². The fourth-order valence-electron chi connectivity index (χ4n) is 1.97. The topological polar surface area (TPSA) is 35.5 Å². The summed E-state index contributed by atoms with van der Waals surface area (Å²) in [7, 11) is 2.06. The zero-order valence-corrected chi connectivity index (χ0v) is 9.55. The van der Waals surface area contributed by atoms with Crippen molar-refractivity contribution in [3.05, 3.63) is 0 Å². The van der Waals surface area contributed by atoms with Gasteiger partial charge in [-0.25, -0.2) is 0 Å². The first kappa shape index (κ1) is 12.0. The molecule has 0 aromatic carbocycles. The van der Waals surface area contributed by atoms with Crippen LogP contribution in [-0.2, 0) is 0 Å². The fourth-order valence-corrected chi connectivity index (χ4v) is 1.97. The Hall–Kier alpha value is -0.120. The lowest BCUT2D eigenvalue weighted by Gasteiger charge is -2.39. The Balaban J connectivity index is 2.15.